The quantitative estimate of drug-likeness (QED) is 0.777. The molecule has 1 aliphatic heterocycles. The minimum absolute atomic E-state index is 0.129. The van der Waals surface area contributed by atoms with Gasteiger partial charge in [-0.05, 0) is 19.4 Å². The zero-order valence-electron chi connectivity index (χ0n) is 11.6. The zero-order valence-corrected chi connectivity index (χ0v) is 11.6. The van der Waals surface area contributed by atoms with E-state index in [1.54, 1.807) is 6.92 Å². The minimum Gasteiger partial charge on any atom is -0.358 e. The molecular weight excluding hydrogens is 275 g/mol. The summed E-state index contributed by atoms with van der Waals surface area (Å²) in [6, 6.07) is 0. The van der Waals surface area contributed by atoms with Gasteiger partial charge in [0.15, 0.2) is 5.41 Å². The fourth-order valence-corrected chi connectivity index (χ4v) is 2.32. The van der Waals surface area contributed by atoms with Crippen LogP contribution in [0.1, 0.15) is 19.8 Å². The van der Waals surface area contributed by atoms with Gasteiger partial charge in [-0.2, -0.15) is 13.2 Å². The maximum Gasteiger partial charge on any atom is 0.404 e. The highest BCUT2D eigenvalue weighted by molar-refractivity contribution is 5.89. The lowest BCUT2D eigenvalue weighted by Gasteiger charge is -2.34. The summed E-state index contributed by atoms with van der Waals surface area (Å²) in [4.78, 5) is 24.7. The summed E-state index contributed by atoms with van der Waals surface area (Å²) in [5.74, 6) is -1.49. The first kappa shape index (κ1) is 16.7. The largest absolute Gasteiger partial charge is 0.404 e. The van der Waals surface area contributed by atoms with Crippen LogP contribution >= 0.6 is 0 Å². The average Bonchev–Trinajstić information content (AvgIpc) is 2.87. The third kappa shape index (κ3) is 3.23. The van der Waals surface area contributed by atoms with Crippen LogP contribution in [0.4, 0.5) is 13.2 Å². The van der Waals surface area contributed by atoms with Crippen LogP contribution < -0.4 is 10.6 Å². The molecule has 5 nitrogen and oxygen atoms in total. The van der Waals surface area contributed by atoms with Crippen LogP contribution in [0.15, 0.2) is 0 Å². The van der Waals surface area contributed by atoms with Gasteiger partial charge in [0.25, 0.3) is 0 Å². The highest BCUT2D eigenvalue weighted by Crippen LogP contribution is 2.44. The van der Waals surface area contributed by atoms with Gasteiger partial charge in [-0.3, -0.25) is 9.59 Å². The van der Waals surface area contributed by atoms with E-state index in [1.165, 1.54) is 7.05 Å². The molecule has 1 saturated heterocycles. The topological polar surface area (TPSA) is 61.4 Å². The highest BCUT2D eigenvalue weighted by atomic mass is 19.4. The van der Waals surface area contributed by atoms with Gasteiger partial charge in [0.05, 0.1) is 6.54 Å². The Labute approximate surface area is 115 Å². The molecule has 2 amide bonds. The number of hydrogen-bond donors (Lipinski definition) is 2. The Bertz CT molecular complexity index is 365. The summed E-state index contributed by atoms with van der Waals surface area (Å²) in [5, 5.41) is 4.92. The number of nitrogens with zero attached hydrogens (tertiary/aromatic N) is 1. The van der Waals surface area contributed by atoms with Crippen molar-refractivity contribution in [2.45, 2.75) is 25.9 Å². The molecule has 0 radical (unpaired) electrons. The number of hydrogen-bond acceptors (Lipinski definition) is 3. The van der Waals surface area contributed by atoms with Crippen molar-refractivity contribution in [2.24, 2.45) is 5.41 Å². The maximum atomic E-state index is 13.3. The molecule has 8 heteroatoms. The van der Waals surface area contributed by atoms with E-state index in [1.807, 2.05) is 0 Å². The zero-order chi connectivity index (χ0) is 15.4. The second kappa shape index (κ2) is 6.43. The molecule has 1 rings (SSSR count). The van der Waals surface area contributed by atoms with E-state index in [4.69, 9.17) is 0 Å². The molecule has 0 aromatic heterocycles. The summed E-state index contributed by atoms with van der Waals surface area (Å²) >= 11 is 0. The molecule has 0 bridgehead atoms. The van der Waals surface area contributed by atoms with Crippen molar-refractivity contribution in [2.75, 3.05) is 33.2 Å². The number of rotatable bonds is 5. The summed E-state index contributed by atoms with van der Waals surface area (Å²) in [6.45, 7) is 1.25. The lowest BCUT2D eigenvalue weighted by Crippen LogP contribution is -2.55. The molecule has 2 N–H and O–H groups in total. The minimum atomic E-state index is -4.62. The summed E-state index contributed by atoms with van der Waals surface area (Å²) in [7, 11) is 1.38. The first-order chi connectivity index (χ1) is 9.28. The molecule has 1 aliphatic rings. The fraction of sp³-hybridized carbons (Fsp3) is 0.833. The number of halogens is 3. The SMILES string of the molecule is CCCN(CC(=O)NC)C(=O)C1(C(F)(F)F)CCNC1. The smallest absolute Gasteiger partial charge is 0.358 e. The van der Waals surface area contributed by atoms with Crippen molar-refractivity contribution in [3.8, 4) is 0 Å². The molecule has 1 unspecified atom stereocenters. The van der Waals surface area contributed by atoms with Crippen LogP contribution in [0.5, 0.6) is 0 Å². The van der Waals surface area contributed by atoms with E-state index in [9.17, 15) is 22.8 Å². The van der Waals surface area contributed by atoms with Crippen molar-refractivity contribution >= 4 is 11.8 Å². The van der Waals surface area contributed by atoms with Gasteiger partial charge in [-0.25, -0.2) is 0 Å². The number of alkyl halides is 3. The lowest BCUT2D eigenvalue weighted by atomic mass is 9.84. The molecular formula is C12H20F3N3O2. The molecule has 0 saturated carbocycles. The Kier molecular flexibility index (Phi) is 5.38. The summed E-state index contributed by atoms with van der Waals surface area (Å²) < 4.78 is 39.9. The van der Waals surface area contributed by atoms with Crippen molar-refractivity contribution < 1.29 is 22.8 Å². The summed E-state index contributed by atoms with van der Waals surface area (Å²) in [6.07, 6.45) is -4.42. The number of nitrogens with one attached hydrogen (secondary N) is 2. The Morgan fingerprint density at radius 1 is 1.40 bits per heavy atom. The predicted octanol–water partition coefficient (Wildman–Crippen LogP) is 0.513. The number of carbonyl (C=O) groups is 2. The second-order valence-electron chi connectivity index (χ2n) is 4.91. The summed E-state index contributed by atoms with van der Waals surface area (Å²) in [5.41, 5.74) is -2.41. The normalized spacial score (nSPS) is 22.6. The Morgan fingerprint density at radius 3 is 2.45 bits per heavy atom. The van der Waals surface area contributed by atoms with Crippen LogP contribution in [-0.4, -0.2) is 56.1 Å². The third-order valence-corrected chi connectivity index (χ3v) is 3.50. The van der Waals surface area contributed by atoms with Crippen molar-refractivity contribution in [1.29, 1.82) is 0 Å². The number of amides is 2. The molecule has 20 heavy (non-hydrogen) atoms. The van der Waals surface area contributed by atoms with E-state index in [-0.39, 0.29) is 26.1 Å². The van der Waals surface area contributed by atoms with Gasteiger partial charge in [0.1, 0.15) is 0 Å². The fourth-order valence-electron chi connectivity index (χ4n) is 2.32. The third-order valence-electron chi connectivity index (χ3n) is 3.50. The van der Waals surface area contributed by atoms with E-state index >= 15 is 0 Å². The Balaban J connectivity index is 2.99. The average molecular weight is 295 g/mol. The standard InChI is InChI=1S/C12H20F3N3O2/c1-3-6-18(7-9(19)16-2)10(20)11(12(13,14)15)4-5-17-8-11/h17H,3-8H2,1-2H3,(H,16,19). The van der Waals surface area contributed by atoms with Gasteiger partial charge in [0.2, 0.25) is 11.8 Å². The Hall–Kier alpha value is -1.31. The highest BCUT2D eigenvalue weighted by Gasteiger charge is 2.62. The number of likely N-dealkylation sites (N-methyl/N-ethyl adjacent to an activating group) is 1. The van der Waals surface area contributed by atoms with Crippen molar-refractivity contribution in [3.05, 3.63) is 0 Å². The Morgan fingerprint density at radius 2 is 2.05 bits per heavy atom. The first-order valence-electron chi connectivity index (χ1n) is 6.56. The van der Waals surface area contributed by atoms with Crippen LogP contribution in [0, 0.1) is 5.41 Å². The molecule has 0 aromatic carbocycles. The molecule has 1 fully saturated rings. The molecule has 1 atom stereocenters. The molecule has 0 spiro atoms. The van der Waals surface area contributed by atoms with Gasteiger partial charge in [-0.15, -0.1) is 0 Å². The van der Waals surface area contributed by atoms with E-state index in [2.05, 4.69) is 10.6 Å². The van der Waals surface area contributed by atoms with Crippen LogP contribution in [0.3, 0.4) is 0 Å². The van der Waals surface area contributed by atoms with E-state index in [0.717, 1.165) is 4.90 Å². The molecule has 1 heterocycles. The van der Waals surface area contributed by atoms with Crippen LogP contribution in [0.2, 0.25) is 0 Å². The van der Waals surface area contributed by atoms with Crippen molar-refractivity contribution in [1.82, 2.24) is 15.5 Å². The molecule has 0 aliphatic carbocycles. The van der Waals surface area contributed by atoms with Gasteiger partial charge < -0.3 is 15.5 Å². The van der Waals surface area contributed by atoms with Gasteiger partial charge >= 0.3 is 6.18 Å². The maximum absolute atomic E-state index is 13.3. The van der Waals surface area contributed by atoms with Crippen LogP contribution in [-0.2, 0) is 9.59 Å². The number of carbonyl (C=O) groups excluding carboxylic acids is 2. The monoisotopic (exact) mass is 295 g/mol. The van der Waals surface area contributed by atoms with E-state index in [0.29, 0.717) is 6.42 Å². The second-order valence-corrected chi connectivity index (χ2v) is 4.91. The van der Waals surface area contributed by atoms with Crippen molar-refractivity contribution in [3.63, 3.8) is 0 Å². The molecule has 116 valence electrons. The predicted molar refractivity (Wildman–Crippen MR) is 66.9 cm³/mol. The van der Waals surface area contributed by atoms with Gasteiger partial charge in [-0.1, -0.05) is 6.92 Å². The van der Waals surface area contributed by atoms with Crippen LogP contribution in [0.25, 0.3) is 0 Å². The molecule has 0 aromatic rings. The van der Waals surface area contributed by atoms with E-state index < -0.39 is 30.0 Å². The first-order valence-corrected chi connectivity index (χ1v) is 6.56. The van der Waals surface area contributed by atoms with Gasteiger partial charge in [0, 0.05) is 20.1 Å². The lowest BCUT2D eigenvalue weighted by molar-refractivity contribution is -0.221.